The van der Waals surface area contributed by atoms with E-state index in [1.54, 1.807) is 24.3 Å². The van der Waals surface area contributed by atoms with Crippen LogP contribution in [0.5, 0.6) is 0 Å². The maximum Gasteiger partial charge on any atom is 0.287 e. The lowest BCUT2D eigenvalue weighted by molar-refractivity contribution is 0.0916. The summed E-state index contributed by atoms with van der Waals surface area (Å²) in [5, 5.41) is 2.74. The average Bonchev–Trinajstić information content (AvgIpc) is 2.78. The standard InChI is InChI=1S/C14H14FNO2/c1-9(2)16-14(17)13-8-7-12(18-13)10-3-5-11(15)6-4-10/h3-9H,1-2H3,(H,16,17). The van der Waals surface area contributed by atoms with Gasteiger partial charge in [0.15, 0.2) is 5.76 Å². The molecular weight excluding hydrogens is 233 g/mol. The van der Waals surface area contributed by atoms with E-state index in [-0.39, 0.29) is 23.5 Å². The molecule has 4 heteroatoms. The lowest BCUT2D eigenvalue weighted by atomic mass is 10.2. The van der Waals surface area contributed by atoms with Crippen LogP contribution in [0.25, 0.3) is 11.3 Å². The van der Waals surface area contributed by atoms with Crippen LogP contribution in [0.2, 0.25) is 0 Å². The van der Waals surface area contributed by atoms with E-state index in [2.05, 4.69) is 5.32 Å². The molecule has 0 spiro atoms. The van der Waals surface area contributed by atoms with Crippen molar-refractivity contribution in [1.29, 1.82) is 0 Å². The van der Waals surface area contributed by atoms with Gasteiger partial charge >= 0.3 is 0 Å². The van der Waals surface area contributed by atoms with Gasteiger partial charge in [-0.25, -0.2) is 4.39 Å². The molecule has 3 nitrogen and oxygen atoms in total. The van der Waals surface area contributed by atoms with Gasteiger partial charge in [0.25, 0.3) is 5.91 Å². The summed E-state index contributed by atoms with van der Waals surface area (Å²) in [7, 11) is 0. The summed E-state index contributed by atoms with van der Waals surface area (Å²) in [6, 6.07) is 9.28. The number of hydrogen-bond donors (Lipinski definition) is 1. The molecule has 0 aliphatic carbocycles. The van der Waals surface area contributed by atoms with Crippen molar-refractivity contribution in [2.24, 2.45) is 0 Å². The van der Waals surface area contributed by atoms with Crippen LogP contribution >= 0.6 is 0 Å². The molecule has 2 aromatic rings. The zero-order chi connectivity index (χ0) is 13.1. The Bertz CT molecular complexity index is 543. The third-order valence-corrected chi connectivity index (χ3v) is 2.38. The predicted octanol–water partition coefficient (Wildman–Crippen LogP) is 3.22. The molecule has 1 heterocycles. The molecule has 0 aliphatic rings. The van der Waals surface area contributed by atoms with Gasteiger partial charge in [0.2, 0.25) is 0 Å². The lowest BCUT2D eigenvalue weighted by Gasteiger charge is -2.05. The zero-order valence-corrected chi connectivity index (χ0v) is 10.2. The summed E-state index contributed by atoms with van der Waals surface area (Å²) in [6.07, 6.45) is 0. The van der Waals surface area contributed by atoms with Crippen molar-refractivity contribution in [1.82, 2.24) is 5.32 Å². The highest BCUT2D eigenvalue weighted by Crippen LogP contribution is 2.22. The highest BCUT2D eigenvalue weighted by Gasteiger charge is 2.12. The molecule has 94 valence electrons. The SMILES string of the molecule is CC(C)NC(=O)c1ccc(-c2ccc(F)cc2)o1. The maximum atomic E-state index is 12.8. The fraction of sp³-hybridized carbons (Fsp3) is 0.214. The van der Waals surface area contributed by atoms with E-state index in [1.807, 2.05) is 13.8 Å². The minimum Gasteiger partial charge on any atom is -0.451 e. The van der Waals surface area contributed by atoms with Crippen LogP contribution in [0.15, 0.2) is 40.8 Å². The maximum absolute atomic E-state index is 12.8. The first kappa shape index (κ1) is 12.4. The van der Waals surface area contributed by atoms with Crippen LogP contribution in [0.1, 0.15) is 24.4 Å². The van der Waals surface area contributed by atoms with E-state index < -0.39 is 0 Å². The molecular formula is C14H14FNO2. The molecule has 1 N–H and O–H groups in total. The average molecular weight is 247 g/mol. The number of halogens is 1. The molecule has 0 atom stereocenters. The Hall–Kier alpha value is -2.10. The number of furan rings is 1. The molecule has 18 heavy (non-hydrogen) atoms. The Kier molecular flexibility index (Phi) is 3.46. The van der Waals surface area contributed by atoms with E-state index >= 15 is 0 Å². The second-order valence-corrected chi connectivity index (χ2v) is 4.30. The van der Waals surface area contributed by atoms with Crippen molar-refractivity contribution in [2.75, 3.05) is 0 Å². The minimum absolute atomic E-state index is 0.0527. The molecule has 0 saturated heterocycles. The largest absolute Gasteiger partial charge is 0.451 e. The van der Waals surface area contributed by atoms with Crippen molar-refractivity contribution in [3.63, 3.8) is 0 Å². The van der Waals surface area contributed by atoms with Gasteiger partial charge in [0, 0.05) is 11.6 Å². The quantitative estimate of drug-likeness (QED) is 0.904. The van der Waals surface area contributed by atoms with Gasteiger partial charge in [-0.1, -0.05) is 0 Å². The van der Waals surface area contributed by atoms with Crippen LogP contribution in [0, 0.1) is 5.82 Å². The number of hydrogen-bond acceptors (Lipinski definition) is 2. The van der Waals surface area contributed by atoms with E-state index in [4.69, 9.17) is 4.42 Å². The predicted molar refractivity (Wildman–Crippen MR) is 66.7 cm³/mol. The van der Waals surface area contributed by atoms with E-state index in [9.17, 15) is 9.18 Å². The fourth-order valence-corrected chi connectivity index (χ4v) is 1.56. The van der Waals surface area contributed by atoms with Crippen molar-refractivity contribution >= 4 is 5.91 Å². The van der Waals surface area contributed by atoms with Crippen LogP contribution < -0.4 is 5.32 Å². The second kappa shape index (κ2) is 5.04. The number of amides is 1. The third-order valence-electron chi connectivity index (χ3n) is 2.38. The first-order chi connectivity index (χ1) is 8.56. The molecule has 1 aromatic heterocycles. The van der Waals surface area contributed by atoms with Crippen molar-refractivity contribution in [2.45, 2.75) is 19.9 Å². The number of benzene rings is 1. The van der Waals surface area contributed by atoms with Crippen molar-refractivity contribution in [3.05, 3.63) is 48.0 Å². The Morgan fingerprint density at radius 1 is 1.17 bits per heavy atom. The van der Waals surface area contributed by atoms with Crippen LogP contribution in [0.3, 0.4) is 0 Å². The summed E-state index contributed by atoms with van der Waals surface area (Å²) in [4.78, 5) is 11.7. The van der Waals surface area contributed by atoms with Gasteiger partial charge in [0.1, 0.15) is 11.6 Å². The van der Waals surface area contributed by atoms with Gasteiger partial charge in [-0.2, -0.15) is 0 Å². The first-order valence-corrected chi connectivity index (χ1v) is 5.73. The second-order valence-electron chi connectivity index (χ2n) is 4.30. The Morgan fingerprint density at radius 2 is 1.83 bits per heavy atom. The number of nitrogens with one attached hydrogen (secondary N) is 1. The monoisotopic (exact) mass is 247 g/mol. The molecule has 0 bridgehead atoms. The molecule has 0 radical (unpaired) electrons. The molecule has 2 rings (SSSR count). The Balaban J connectivity index is 2.20. The summed E-state index contributed by atoms with van der Waals surface area (Å²) < 4.78 is 18.2. The molecule has 0 saturated carbocycles. The first-order valence-electron chi connectivity index (χ1n) is 5.73. The zero-order valence-electron chi connectivity index (χ0n) is 10.2. The van der Waals surface area contributed by atoms with Crippen molar-refractivity contribution in [3.8, 4) is 11.3 Å². The topological polar surface area (TPSA) is 42.2 Å². The van der Waals surface area contributed by atoms with E-state index in [1.165, 1.54) is 12.1 Å². The summed E-state index contributed by atoms with van der Waals surface area (Å²) in [5.41, 5.74) is 0.736. The van der Waals surface area contributed by atoms with Gasteiger partial charge in [-0.3, -0.25) is 4.79 Å². The molecule has 0 unspecified atom stereocenters. The molecule has 1 aromatic carbocycles. The van der Waals surface area contributed by atoms with Gasteiger partial charge < -0.3 is 9.73 Å². The summed E-state index contributed by atoms with van der Waals surface area (Å²) in [5.74, 6) is 0.244. The van der Waals surface area contributed by atoms with Gasteiger partial charge in [-0.05, 0) is 50.2 Å². The summed E-state index contributed by atoms with van der Waals surface area (Å²) >= 11 is 0. The third kappa shape index (κ3) is 2.77. The highest BCUT2D eigenvalue weighted by molar-refractivity contribution is 5.92. The number of rotatable bonds is 3. The molecule has 1 amide bonds. The minimum atomic E-state index is -0.303. The lowest BCUT2D eigenvalue weighted by Crippen LogP contribution is -2.29. The van der Waals surface area contributed by atoms with Crippen LogP contribution in [-0.4, -0.2) is 11.9 Å². The van der Waals surface area contributed by atoms with Gasteiger partial charge in [-0.15, -0.1) is 0 Å². The highest BCUT2D eigenvalue weighted by atomic mass is 19.1. The van der Waals surface area contributed by atoms with Gasteiger partial charge in [0.05, 0.1) is 0 Å². The summed E-state index contributed by atoms with van der Waals surface area (Å²) in [6.45, 7) is 3.75. The normalized spacial score (nSPS) is 10.7. The van der Waals surface area contributed by atoms with Crippen LogP contribution in [-0.2, 0) is 0 Å². The van der Waals surface area contributed by atoms with E-state index in [0.717, 1.165) is 5.56 Å². The molecule has 0 aliphatic heterocycles. The van der Waals surface area contributed by atoms with Crippen LogP contribution in [0.4, 0.5) is 4.39 Å². The van der Waals surface area contributed by atoms with Crippen molar-refractivity contribution < 1.29 is 13.6 Å². The molecule has 0 fully saturated rings. The smallest absolute Gasteiger partial charge is 0.287 e. The Labute approximate surface area is 105 Å². The number of carbonyl (C=O) groups is 1. The van der Waals surface area contributed by atoms with E-state index in [0.29, 0.717) is 5.76 Å². The Morgan fingerprint density at radius 3 is 2.44 bits per heavy atom. The fourth-order valence-electron chi connectivity index (χ4n) is 1.56. The number of carbonyl (C=O) groups excluding carboxylic acids is 1.